The van der Waals surface area contributed by atoms with Crippen LogP contribution in [0.15, 0.2) is 212 Å². The standard InChI is InChI=1S/C54H35N/c1-3-17-43-36(13-1)15-11-23-45(43)39-33-40(46-24-12-16-37-14-2-4-18-44(37)46)35-41(34-39)48-32-31-47(49-19-5-6-20-50(48)49)38-27-29-42(30-28-38)55-53-25-9-7-21-51(53)52-22-8-10-26-54(52)55/h1-35H. The number of hydrogen-bond acceptors (Lipinski definition) is 0. The first kappa shape index (κ1) is 31.3. The van der Waals surface area contributed by atoms with E-state index < -0.39 is 0 Å². The monoisotopic (exact) mass is 697 g/mol. The predicted molar refractivity (Wildman–Crippen MR) is 235 cm³/mol. The highest BCUT2D eigenvalue weighted by Crippen LogP contribution is 2.42. The van der Waals surface area contributed by atoms with Crippen molar-refractivity contribution in [3.8, 4) is 50.2 Å². The van der Waals surface area contributed by atoms with Gasteiger partial charge in [0.25, 0.3) is 0 Å². The average molecular weight is 698 g/mol. The molecule has 11 aromatic rings. The van der Waals surface area contributed by atoms with Crippen LogP contribution in [0, 0.1) is 0 Å². The second-order valence-corrected chi connectivity index (χ2v) is 14.5. The van der Waals surface area contributed by atoms with Gasteiger partial charge in [-0.2, -0.15) is 0 Å². The molecule has 0 spiro atoms. The van der Waals surface area contributed by atoms with E-state index in [0.29, 0.717) is 0 Å². The second kappa shape index (κ2) is 12.7. The molecule has 0 saturated carbocycles. The van der Waals surface area contributed by atoms with E-state index in [9.17, 15) is 0 Å². The number of benzene rings is 10. The number of rotatable bonds is 5. The molecule has 0 aliphatic carbocycles. The molecule has 11 rings (SSSR count). The van der Waals surface area contributed by atoms with Crippen LogP contribution in [0.3, 0.4) is 0 Å². The highest BCUT2D eigenvalue weighted by molar-refractivity contribution is 6.10. The number of nitrogens with zero attached hydrogens (tertiary/aromatic N) is 1. The predicted octanol–water partition coefficient (Wildman–Crippen LogP) is 14.9. The van der Waals surface area contributed by atoms with Crippen molar-refractivity contribution in [2.24, 2.45) is 0 Å². The van der Waals surface area contributed by atoms with Gasteiger partial charge in [-0.1, -0.05) is 170 Å². The molecule has 1 heteroatoms. The molecule has 0 radical (unpaired) electrons. The van der Waals surface area contributed by atoms with Crippen molar-refractivity contribution < 1.29 is 0 Å². The molecule has 0 atom stereocenters. The van der Waals surface area contributed by atoms with Crippen LogP contribution >= 0.6 is 0 Å². The van der Waals surface area contributed by atoms with E-state index >= 15 is 0 Å². The lowest BCUT2D eigenvalue weighted by Gasteiger charge is -2.17. The normalized spacial score (nSPS) is 11.6. The van der Waals surface area contributed by atoms with Crippen LogP contribution in [-0.4, -0.2) is 4.57 Å². The molecule has 1 heterocycles. The molecule has 256 valence electrons. The van der Waals surface area contributed by atoms with Crippen molar-refractivity contribution in [3.05, 3.63) is 212 Å². The third-order valence-corrected chi connectivity index (χ3v) is 11.4. The van der Waals surface area contributed by atoms with Crippen LogP contribution < -0.4 is 0 Å². The number of fused-ring (bicyclic) bond motifs is 6. The van der Waals surface area contributed by atoms with Crippen LogP contribution in [0.4, 0.5) is 0 Å². The lowest BCUT2D eigenvalue weighted by atomic mass is 9.87. The first-order valence-corrected chi connectivity index (χ1v) is 19.0. The van der Waals surface area contributed by atoms with Crippen LogP contribution in [0.1, 0.15) is 0 Å². The molecule has 10 aromatic carbocycles. The van der Waals surface area contributed by atoms with E-state index in [1.54, 1.807) is 0 Å². The summed E-state index contributed by atoms with van der Waals surface area (Å²) in [7, 11) is 0. The van der Waals surface area contributed by atoms with Gasteiger partial charge in [0.15, 0.2) is 0 Å². The number of para-hydroxylation sites is 2. The van der Waals surface area contributed by atoms with Crippen molar-refractivity contribution in [3.63, 3.8) is 0 Å². The van der Waals surface area contributed by atoms with Crippen LogP contribution in [0.5, 0.6) is 0 Å². The van der Waals surface area contributed by atoms with Gasteiger partial charge < -0.3 is 4.57 Å². The molecule has 55 heavy (non-hydrogen) atoms. The Morgan fingerprint density at radius 1 is 0.236 bits per heavy atom. The Hall–Kier alpha value is -7.22. The Labute approximate surface area is 320 Å². The Morgan fingerprint density at radius 2 is 0.600 bits per heavy atom. The van der Waals surface area contributed by atoms with E-state index in [-0.39, 0.29) is 0 Å². The minimum Gasteiger partial charge on any atom is -0.309 e. The minimum atomic E-state index is 1.16. The fraction of sp³-hybridized carbons (Fsp3) is 0. The van der Waals surface area contributed by atoms with Gasteiger partial charge in [-0.05, 0) is 119 Å². The van der Waals surface area contributed by atoms with Gasteiger partial charge >= 0.3 is 0 Å². The molecule has 0 saturated heterocycles. The first-order chi connectivity index (χ1) is 27.3. The number of aromatic nitrogens is 1. The van der Waals surface area contributed by atoms with E-state index in [0.717, 1.165) is 5.69 Å². The van der Waals surface area contributed by atoms with E-state index in [2.05, 4.69) is 217 Å². The molecule has 0 unspecified atom stereocenters. The fourth-order valence-electron chi connectivity index (χ4n) is 8.84. The molecule has 0 fully saturated rings. The van der Waals surface area contributed by atoms with Gasteiger partial charge in [0, 0.05) is 16.5 Å². The summed E-state index contributed by atoms with van der Waals surface area (Å²) in [6.07, 6.45) is 0. The Morgan fingerprint density at radius 3 is 1.09 bits per heavy atom. The maximum atomic E-state index is 2.39. The van der Waals surface area contributed by atoms with E-state index in [1.807, 2.05) is 0 Å². The summed E-state index contributed by atoms with van der Waals surface area (Å²) < 4.78 is 2.38. The summed E-state index contributed by atoms with van der Waals surface area (Å²) in [6.45, 7) is 0. The van der Waals surface area contributed by atoms with Gasteiger partial charge in [0.2, 0.25) is 0 Å². The lowest BCUT2D eigenvalue weighted by molar-refractivity contribution is 1.18. The Balaban J connectivity index is 1.08. The van der Waals surface area contributed by atoms with Crippen LogP contribution in [0.2, 0.25) is 0 Å². The topological polar surface area (TPSA) is 4.93 Å². The van der Waals surface area contributed by atoms with E-state index in [1.165, 1.54) is 98.6 Å². The molecule has 1 aromatic heterocycles. The third-order valence-electron chi connectivity index (χ3n) is 11.4. The zero-order valence-electron chi connectivity index (χ0n) is 30.2. The van der Waals surface area contributed by atoms with Crippen molar-refractivity contribution in [1.29, 1.82) is 0 Å². The molecule has 0 aliphatic heterocycles. The summed E-state index contributed by atoms with van der Waals surface area (Å²) in [4.78, 5) is 0. The molecule has 0 bridgehead atoms. The third kappa shape index (κ3) is 5.16. The number of hydrogen-bond donors (Lipinski definition) is 0. The molecular weight excluding hydrogens is 663 g/mol. The zero-order valence-corrected chi connectivity index (χ0v) is 30.2. The zero-order chi connectivity index (χ0) is 36.3. The summed E-state index contributed by atoms with van der Waals surface area (Å²) in [5.41, 5.74) is 13.4. The van der Waals surface area contributed by atoms with Crippen molar-refractivity contribution in [1.82, 2.24) is 4.57 Å². The summed E-state index contributed by atoms with van der Waals surface area (Å²) in [5, 5.41) is 10.0. The highest BCUT2D eigenvalue weighted by atomic mass is 15.0. The smallest absolute Gasteiger partial charge is 0.0541 e. The van der Waals surface area contributed by atoms with Gasteiger partial charge in [-0.25, -0.2) is 0 Å². The maximum absolute atomic E-state index is 2.39. The van der Waals surface area contributed by atoms with Gasteiger partial charge in [-0.3, -0.25) is 0 Å². The SMILES string of the molecule is c1ccc2c(-c3cc(-c4cccc5ccccc45)cc(-c4ccc(-c5ccc(-n6c7ccccc7c7ccccc76)cc5)c5ccccc45)c3)cccc2c1. The van der Waals surface area contributed by atoms with Gasteiger partial charge in [0.05, 0.1) is 11.0 Å². The summed E-state index contributed by atoms with van der Waals surface area (Å²) in [6, 6.07) is 77.9. The van der Waals surface area contributed by atoms with Crippen LogP contribution in [-0.2, 0) is 0 Å². The van der Waals surface area contributed by atoms with Gasteiger partial charge in [0.1, 0.15) is 0 Å². The average Bonchev–Trinajstić information content (AvgIpc) is 3.60. The molecule has 0 aliphatic rings. The summed E-state index contributed by atoms with van der Waals surface area (Å²) in [5.74, 6) is 0. The highest BCUT2D eigenvalue weighted by Gasteiger charge is 2.16. The van der Waals surface area contributed by atoms with Crippen LogP contribution in [0.25, 0.3) is 104 Å². The van der Waals surface area contributed by atoms with E-state index in [4.69, 9.17) is 0 Å². The second-order valence-electron chi connectivity index (χ2n) is 14.5. The summed E-state index contributed by atoms with van der Waals surface area (Å²) >= 11 is 0. The quantitative estimate of drug-likeness (QED) is 0.169. The Bertz CT molecular complexity index is 3090. The molecular formula is C54H35N. The Kier molecular flexibility index (Phi) is 7.25. The largest absolute Gasteiger partial charge is 0.309 e. The lowest BCUT2D eigenvalue weighted by Crippen LogP contribution is -1.94. The molecule has 0 amide bonds. The fourth-order valence-corrected chi connectivity index (χ4v) is 8.84. The van der Waals surface area contributed by atoms with Crippen molar-refractivity contribution in [2.75, 3.05) is 0 Å². The van der Waals surface area contributed by atoms with Crippen molar-refractivity contribution in [2.45, 2.75) is 0 Å². The van der Waals surface area contributed by atoms with Crippen molar-refractivity contribution >= 4 is 54.1 Å². The molecule has 0 N–H and O–H groups in total. The van der Waals surface area contributed by atoms with Gasteiger partial charge in [-0.15, -0.1) is 0 Å². The maximum Gasteiger partial charge on any atom is 0.0541 e. The minimum absolute atomic E-state index is 1.16. The first-order valence-electron chi connectivity index (χ1n) is 19.0. The molecule has 1 nitrogen and oxygen atoms in total.